The van der Waals surface area contributed by atoms with Crippen molar-refractivity contribution in [3.05, 3.63) is 22.6 Å². The van der Waals surface area contributed by atoms with E-state index in [1.165, 1.54) is 0 Å². The highest BCUT2D eigenvalue weighted by Gasteiger charge is 2.10. The third-order valence-electron chi connectivity index (χ3n) is 2.13. The number of aromatic amines is 1. The number of nitrogens with zero attached hydrogens (tertiary/aromatic N) is 2. The Morgan fingerprint density at radius 1 is 1.36 bits per heavy atom. The molecule has 1 aromatic rings. The summed E-state index contributed by atoms with van der Waals surface area (Å²) in [5, 5.41) is 9.37. The second-order valence-electron chi connectivity index (χ2n) is 3.04. The average Bonchev–Trinajstić information content (AvgIpc) is 2.19. The first kappa shape index (κ1) is 11.0. The van der Waals surface area contributed by atoms with E-state index in [4.69, 9.17) is 0 Å². The Kier molecular flexibility index (Phi) is 3.91. The summed E-state index contributed by atoms with van der Waals surface area (Å²) in [5.41, 5.74) is 0.765. The van der Waals surface area contributed by atoms with E-state index in [0.717, 1.165) is 31.9 Å². The van der Waals surface area contributed by atoms with Crippen molar-refractivity contribution < 1.29 is 0 Å². The number of hydrogen-bond acceptors (Lipinski definition) is 4. The number of halogens is 1. The molecule has 0 amide bonds. The van der Waals surface area contributed by atoms with Gasteiger partial charge in [-0.2, -0.15) is 5.10 Å². The Morgan fingerprint density at radius 2 is 2.07 bits per heavy atom. The van der Waals surface area contributed by atoms with Crippen molar-refractivity contribution in [2.45, 2.75) is 0 Å². The van der Waals surface area contributed by atoms with Gasteiger partial charge in [-0.15, -0.1) is 12.4 Å². The number of anilines is 1. The second kappa shape index (κ2) is 4.97. The summed E-state index contributed by atoms with van der Waals surface area (Å²) in [5.74, 6) is 0. The lowest BCUT2D eigenvalue weighted by molar-refractivity contribution is 0.588. The van der Waals surface area contributed by atoms with Crippen molar-refractivity contribution >= 4 is 18.1 Å². The molecule has 1 aromatic heterocycles. The molecule has 6 heteroatoms. The molecule has 0 radical (unpaired) electrons. The van der Waals surface area contributed by atoms with Crippen LogP contribution in [-0.4, -0.2) is 36.4 Å². The summed E-state index contributed by atoms with van der Waals surface area (Å²) < 4.78 is 0. The van der Waals surface area contributed by atoms with Crippen LogP contribution in [0.2, 0.25) is 0 Å². The monoisotopic (exact) mass is 216 g/mol. The number of hydrogen-bond donors (Lipinski definition) is 2. The summed E-state index contributed by atoms with van der Waals surface area (Å²) in [6.07, 6.45) is 1.69. The first-order valence-electron chi connectivity index (χ1n) is 4.37. The van der Waals surface area contributed by atoms with Gasteiger partial charge in [-0.3, -0.25) is 4.79 Å². The van der Waals surface area contributed by atoms with E-state index >= 15 is 0 Å². The van der Waals surface area contributed by atoms with Gasteiger partial charge in [0.15, 0.2) is 0 Å². The maximum absolute atomic E-state index is 11.0. The van der Waals surface area contributed by atoms with Gasteiger partial charge in [-0.05, 0) is 0 Å². The van der Waals surface area contributed by atoms with Crippen LogP contribution in [0, 0.1) is 0 Å². The van der Waals surface area contributed by atoms with Crippen molar-refractivity contribution in [2.24, 2.45) is 0 Å². The lowest BCUT2D eigenvalue weighted by Gasteiger charge is -2.28. The predicted octanol–water partition coefficient (Wildman–Crippen LogP) is -0.399. The standard InChI is InChI=1S/C8H12N4O.ClH/c13-8-5-7(6-10-11-8)12-3-1-9-2-4-12;/h5-6,9H,1-4H2,(H,11,13);1H. The summed E-state index contributed by atoms with van der Waals surface area (Å²) in [7, 11) is 0. The molecule has 14 heavy (non-hydrogen) atoms. The highest BCUT2D eigenvalue weighted by atomic mass is 35.5. The third-order valence-corrected chi connectivity index (χ3v) is 2.13. The van der Waals surface area contributed by atoms with E-state index < -0.39 is 0 Å². The molecule has 0 saturated carbocycles. The van der Waals surface area contributed by atoms with Crippen molar-refractivity contribution in [3.8, 4) is 0 Å². The lowest BCUT2D eigenvalue weighted by atomic mass is 10.3. The van der Waals surface area contributed by atoms with E-state index in [9.17, 15) is 4.79 Å². The molecule has 5 nitrogen and oxygen atoms in total. The normalized spacial score (nSPS) is 16.1. The fourth-order valence-electron chi connectivity index (χ4n) is 1.46. The Bertz CT molecular complexity index is 334. The van der Waals surface area contributed by atoms with Crippen LogP contribution in [-0.2, 0) is 0 Å². The molecule has 0 bridgehead atoms. The first-order chi connectivity index (χ1) is 6.36. The van der Waals surface area contributed by atoms with E-state index in [2.05, 4.69) is 20.4 Å². The van der Waals surface area contributed by atoms with Gasteiger partial charge in [0.2, 0.25) is 0 Å². The molecule has 2 heterocycles. The van der Waals surface area contributed by atoms with Crippen molar-refractivity contribution in [3.63, 3.8) is 0 Å². The summed E-state index contributed by atoms with van der Waals surface area (Å²) in [4.78, 5) is 13.1. The zero-order valence-corrected chi connectivity index (χ0v) is 8.51. The lowest BCUT2D eigenvalue weighted by Crippen LogP contribution is -2.43. The second-order valence-corrected chi connectivity index (χ2v) is 3.04. The summed E-state index contributed by atoms with van der Waals surface area (Å²) in [6.45, 7) is 3.80. The highest BCUT2D eigenvalue weighted by Crippen LogP contribution is 2.08. The highest BCUT2D eigenvalue weighted by molar-refractivity contribution is 5.85. The van der Waals surface area contributed by atoms with Gasteiger partial charge in [-0.1, -0.05) is 0 Å². The molecule has 0 aromatic carbocycles. The van der Waals surface area contributed by atoms with Crippen LogP contribution in [0.5, 0.6) is 0 Å². The maximum atomic E-state index is 11.0. The fraction of sp³-hybridized carbons (Fsp3) is 0.500. The van der Waals surface area contributed by atoms with Gasteiger partial charge in [0.05, 0.1) is 11.9 Å². The zero-order valence-electron chi connectivity index (χ0n) is 7.69. The van der Waals surface area contributed by atoms with Gasteiger partial charge in [-0.25, -0.2) is 5.10 Å². The smallest absolute Gasteiger partial charge is 0.266 e. The quantitative estimate of drug-likeness (QED) is 0.671. The Morgan fingerprint density at radius 3 is 2.71 bits per heavy atom. The van der Waals surface area contributed by atoms with Crippen LogP contribution >= 0.6 is 12.4 Å². The molecule has 0 atom stereocenters. The number of piperazine rings is 1. The Balaban J connectivity index is 0.000000980. The molecule has 1 aliphatic rings. The summed E-state index contributed by atoms with van der Waals surface area (Å²) in [6, 6.07) is 1.58. The van der Waals surface area contributed by atoms with Crippen molar-refractivity contribution in [2.75, 3.05) is 31.1 Å². The van der Waals surface area contributed by atoms with Gasteiger partial charge in [0.1, 0.15) is 0 Å². The number of aromatic nitrogens is 2. The van der Waals surface area contributed by atoms with E-state index in [-0.39, 0.29) is 18.0 Å². The topological polar surface area (TPSA) is 61.0 Å². The molecule has 1 fully saturated rings. The number of H-pyrrole nitrogens is 1. The van der Waals surface area contributed by atoms with E-state index in [1.54, 1.807) is 12.3 Å². The third kappa shape index (κ3) is 2.46. The van der Waals surface area contributed by atoms with Crippen LogP contribution in [0.3, 0.4) is 0 Å². The van der Waals surface area contributed by atoms with Crippen molar-refractivity contribution in [1.29, 1.82) is 0 Å². The van der Waals surface area contributed by atoms with Gasteiger partial charge >= 0.3 is 0 Å². The predicted molar refractivity (Wildman–Crippen MR) is 57.2 cm³/mol. The fourth-order valence-corrected chi connectivity index (χ4v) is 1.46. The van der Waals surface area contributed by atoms with Gasteiger partial charge < -0.3 is 10.2 Å². The maximum Gasteiger partial charge on any atom is 0.266 e. The zero-order chi connectivity index (χ0) is 9.10. The van der Waals surface area contributed by atoms with Crippen molar-refractivity contribution in [1.82, 2.24) is 15.5 Å². The number of nitrogens with one attached hydrogen (secondary N) is 2. The molecule has 0 spiro atoms. The minimum absolute atomic E-state index is 0. The molecular weight excluding hydrogens is 204 g/mol. The number of rotatable bonds is 1. The largest absolute Gasteiger partial charge is 0.368 e. The van der Waals surface area contributed by atoms with Crippen LogP contribution in [0.25, 0.3) is 0 Å². The average molecular weight is 217 g/mol. The molecule has 1 saturated heterocycles. The molecule has 0 aliphatic carbocycles. The molecule has 2 N–H and O–H groups in total. The van der Waals surface area contributed by atoms with E-state index in [0.29, 0.717) is 0 Å². The van der Waals surface area contributed by atoms with Crippen LogP contribution in [0.15, 0.2) is 17.1 Å². The van der Waals surface area contributed by atoms with Gasteiger partial charge in [0, 0.05) is 32.2 Å². The molecule has 78 valence electrons. The molecule has 1 aliphatic heterocycles. The minimum Gasteiger partial charge on any atom is -0.368 e. The van der Waals surface area contributed by atoms with Crippen LogP contribution in [0.1, 0.15) is 0 Å². The van der Waals surface area contributed by atoms with Crippen LogP contribution < -0.4 is 15.8 Å². The summed E-state index contributed by atoms with van der Waals surface area (Å²) >= 11 is 0. The Hall–Kier alpha value is -1.07. The van der Waals surface area contributed by atoms with Gasteiger partial charge in [0.25, 0.3) is 5.56 Å². The van der Waals surface area contributed by atoms with E-state index in [1.807, 2.05) is 0 Å². The molecule has 2 rings (SSSR count). The SMILES string of the molecule is Cl.O=c1cc(N2CCNCC2)cn[nH]1. The Labute approximate surface area is 87.9 Å². The minimum atomic E-state index is -0.143. The van der Waals surface area contributed by atoms with Crippen LogP contribution in [0.4, 0.5) is 5.69 Å². The molecular formula is C8H13ClN4O. The first-order valence-corrected chi connectivity index (χ1v) is 4.37. The molecule has 0 unspecified atom stereocenters.